The van der Waals surface area contributed by atoms with Crippen LogP contribution in [-0.4, -0.2) is 32.3 Å². The van der Waals surface area contributed by atoms with Gasteiger partial charge in [-0.1, -0.05) is 23.2 Å². The summed E-state index contributed by atoms with van der Waals surface area (Å²) < 4.78 is 2.04. The Morgan fingerprint density at radius 2 is 2.00 bits per heavy atom. The van der Waals surface area contributed by atoms with Gasteiger partial charge in [-0.25, -0.2) is 9.78 Å². The fraction of sp³-hybridized carbons (Fsp3) is 0. The number of pyridine rings is 1. The van der Waals surface area contributed by atoms with E-state index in [1.54, 1.807) is 12.1 Å². The Hall–Kier alpha value is -1.94. The fourth-order valence-corrected chi connectivity index (χ4v) is 3.97. The molecule has 2 aromatic heterocycles. The molecule has 27 heavy (non-hydrogen) atoms. The van der Waals surface area contributed by atoms with Crippen LogP contribution in [0.4, 0.5) is 11.5 Å². The zero-order valence-electron chi connectivity index (χ0n) is 13.1. The van der Waals surface area contributed by atoms with E-state index in [-0.39, 0.29) is 27.9 Å². The van der Waals surface area contributed by atoms with Crippen LogP contribution in [0.2, 0.25) is 10.0 Å². The molecule has 0 aliphatic rings. The Morgan fingerprint density at radius 1 is 1.26 bits per heavy atom. The van der Waals surface area contributed by atoms with Crippen LogP contribution in [0.5, 0.6) is 0 Å². The van der Waals surface area contributed by atoms with E-state index in [9.17, 15) is 14.7 Å². The van der Waals surface area contributed by atoms with E-state index in [0.29, 0.717) is 20.5 Å². The maximum atomic E-state index is 12.0. The van der Waals surface area contributed by atoms with Crippen molar-refractivity contribution in [2.24, 2.45) is 0 Å². The van der Waals surface area contributed by atoms with Gasteiger partial charge < -0.3 is 5.11 Å². The van der Waals surface area contributed by atoms with Crippen LogP contribution >= 0.6 is 55.1 Å². The van der Waals surface area contributed by atoms with E-state index in [4.69, 9.17) is 23.2 Å². The van der Waals surface area contributed by atoms with Gasteiger partial charge in [-0.05, 0) is 56.1 Å². The molecule has 0 aliphatic heterocycles. The van der Waals surface area contributed by atoms with Crippen LogP contribution < -0.4 is 4.90 Å². The number of anilines is 2. The van der Waals surface area contributed by atoms with Gasteiger partial charge in [-0.15, -0.1) is 0 Å². The lowest BCUT2D eigenvalue weighted by atomic mass is 10.1. The molecule has 0 saturated carbocycles. The minimum atomic E-state index is -1.25. The third-order valence-corrected chi connectivity index (χ3v) is 4.96. The number of carbonyl (C=O) groups excluding carboxylic acids is 1. The molecule has 2 heterocycles. The van der Waals surface area contributed by atoms with Crippen LogP contribution in [-0.2, 0) is 4.79 Å². The van der Waals surface area contributed by atoms with Crippen LogP contribution in [0, 0.1) is 0 Å². The van der Waals surface area contributed by atoms with E-state index in [1.807, 2.05) is 0 Å². The molecular weight excluding hydrogens is 527 g/mol. The Morgan fingerprint density at radius 3 is 2.63 bits per heavy atom. The van der Waals surface area contributed by atoms with Gasteiger partial charge in [0.1, 0.15) is 10.4 Å². The van der Waals surface area contributed by atoms with Crippen LogP contribution in [0.1, 0.15) is 10.4 Å². The number of nitrogens with zero attached hydrogens (tertiary/aromatic N) is 4. The van der Waals surface area contributed by atoms with Crippen molar-refractivity contribution >= 4 is 78.9 Å². The van der Waals surface area contributed by atoms with Crippen molar-refractivity contribution in [2.45, 2.75) is 0 Å². The van der Waals surface area contributed by atoms with Crippen LogP contribution in [0.3, 0.4) is 0 Å². The predicted molar refractivity (Wildman–Crippen MR) is 108 cm³/mol. The Kier molecular flexibility index (Phi) is 5.85. The molecule has 0 spiro atoms. The highest BCUT2D eigenvalue weighted by atomic mass is 79.9. The quantitative estimate of drug-likeness (QED) is 0.461. The molecule has 11 heteroatoms. The van der Waals surface area contributed by atoms with Gasteiger partial charge in [0.05, 0.1) is 16.3 Å². The topological polar surface area (TPSA) is 88.3 Å². The van der Waals surface area contributed by atoms with E-state index >= 15 is 0 Å². The van der Waals surface area contributed by atoms with E-state index in [1.165, 1.54) is 29.1 Å². The second-order valence-electron chi connectivity index (χ2n) is 5.11. The number of benzene rings is 1. The van der Waals surface area contributed by atoms with Gasteiger partial charge in [0.2, 0.25) is 6.41 Å². The number of hydrogen-bond donors (Lipinski definition) is 1. The van der Waals surface area contributed by atoms with E-state index in [2.05, 4.69) is 41.9 Å². The first kappa shape index (κ1) is 19.8. The summed E-state index contributed by atoms with van der Waals surface area (Å²) in [6, 6.07) is 7.55. The highest BCUT2D eigenvalue weighted by Crippen LogP contribution is 2.38. The number of carbonyl (C=O) groups is 2. The zero-order chi connectivity index (χ0) is 19.7. The number of carboxylic acid groups (broad SMARTS) is 1. The number of rotatable bonds is 5. The summed E-state index contributed by atoms with van der Waals surface area (Å²) in [6.45, 7) is 0. The first-order valence-electron chi connectivity index (χ1n) is 7.16. The third kappa shape index (κ3) is 3.86. The van der Waals surface area contributed by atoms with Crippen molar-refractivity contribution in [3.8, 4) is 5.82 Å². The summed E-state index contributed by atoms with van der Waals surface area (Å²) in [4.78, 5) is 29.0. The van der Waals surface area contributed by atoms with Crippen molar-refractivity contribution in [3.63, 3.8) is 0 Å². The molecule has 0 radical (unpaired) electrons. The number of hydrogen-bond acceptors (Lipinski definition) is 4. The van der Waals surface area contributed by atoms with Crippen molar-refractivity contribution < 1.29 is 14.7 Å². The molecule has 138 valence electrons. The van der Waals surface area contributed by atoms with Gasteiger partial charge in [-0.2, -0.15) is 9.78 Å². The summed E-state index contributed by atoms with van der Waals surface area (Å²) in [6.07, 6.45) is 1.99. The summed E-state index contributed by atoms with van der Waals surface area (Å²) in [5, 5.41) is 14.3. The smallest absolute Gasteiger partial charge is 0.337 e. The molecule has 1 amide bonds. The van der Waals surface area contributed by atoms with Gasteiger partial charge in [-0.3, -0.25) is 9.69 Å². The van der Waals surface area contributed by atoms with Crippen LogP contribution in [0.25, 0.3) is 5.82 Å². The van der Waals surface area contributed by atoms with Crippen molar-refractivity contribution in [1.82, 2.24) is 14.8 Å². The Balaban J connectivity index is 2.27. The van der Waals surface area contributed by atoms with Crippen LogP contribution in [0.15, 0.2) is 45.6 Å². The van der Waals surface area contributed by atoms with Gasteiger partial charge in [0.15, 0.2) is 5.82 Å². The number of amides is 1. The lowest BCUT2D eigenvalue weighted by Crippen LogP contribution is -2.21. The minimum Gasteiger partial charge on any atom is -0.478 e. The summed E-state index contributed by atoms with van der Waals surface area (Å²) in [5.74, 6) is -0.752. The molecule has 0 bridgehead atoms. The zero-order valence-corrected chi connectivity index (χ0v) is 17.8. The van der Waals surface area contributed by atoms with Crippen molar-refractivity contribution in [2.75, 3.05) is 4.90 Å². The second-order valence-corrected chi connectivity index (χ2v) is 7.62. The molecule has 3 rings (SSSR count). The molecule has 1 aromatic carbocycles. The van der Waals surface area contributed by atoms with Crippen molar-refractivity contribution in [1.29, 1.82) is 0 Å². The Bertz CT molecular complexity index is 1060. The highest BCUT2D eigenvalue weighted by molar-refractivity contribution is 9.10. The van der Waals surface area contributed by atoms with Gasteiger partial charge in [0.25, 0.3) is 0 Å². The first-order chi connectivity index (χ1) is 12.8. The van der Waals surface area contributed by atoms with Crippen molar-refractivity contribution in [3.05, 3.63) is 61.2 Å². The molecule has 0 fully saturated rings. The monoisotopic (exact) mass is 532 g/mol. The predicted octanol–water partition coefficient (Wildman–Crippen LogP) is 5.09. The van der Waals surface area contributed by atoms with E-state index in [0.717, 1.165) is 4.90 Å². The largest absolute Gasteiger partial charge is 0.478 e. The maximum absolute atomic E-state index is 12.0. The number of halogens is 4. The average molecular weight is 535 g/mol. The molecule has 3 aromatic rings. The van der Waals surface area contributed by atoms with Gasteiger partial charge >= 0.3 is 5.97 Å². The highest BCUT2D eigenvalue weighted by Gasteiger charge is 2.26. The molecule has 7 nitrogen and oxygen atoms in total. The number of aromatic nitrogens is 3. The second kappa shape index (κ2) is 7.97. The average Bonchev–Trinajstić information content (AvgIpc) is 2.98. The third-order valence-electron chi connectivity index (χ3n) is 3.45. The Labute approximate surface area is 179 Å². The SMILES string of the molecule is O=CN(c1c(Br)cc(Cl)cc1C(=O)O)c1cc(Br)nn1-c1ncccc1Cl. The molecule has 1 N–H and O–H groups in total. The maximum Gasteiger partial charge on any atom is 0.337 e. The summed E-state index contributed by atoms with van der Waals surface area (Å²) in [5.41, 5.74) is -0.0833. The normalized spacial score (nSPS) is 10.7. The lowest BCUT2D eigenvalue weighted by Gasteiger charge is -2.22. The molecule has 0 aliphatic carbocycles. The molecular formula is C16H8Br2Cl2N4O3. The first-order valence-corrected chi connectivity index (χ1v) is 9.51. The fourth-order valence-electron chi connectivity index (χ4n) is 2.40. The number of aromatic carboxylic acids is 1. The molecule has 0 saturated heterocycles. The lowest BCUT2D eigenvalue weighted by molar-refractivity contribution is -0.106. The van der Waals surface area contributed by atoms with E-state index < -0.39 is 5.97 Å². The summed E-state index contributed by atoms with van der Waals surface area (Å²) in [7, 11) is 0. The molecule has 0 unspecified atom stereocenters. The number of carboxylic acids is 1. The molecule has 0 atom stereocenters. The minimum absolute atomic E-state index is 0.0857. The standard InChI is InChI=1S/C16H8Br2Cl2N4O3/c17-10-5-8(19)4-9(16(26)27)14(10)23(7-25)13-6-12(18)22-24(13)15-11(20)2-1-3-21-15/h1-7H,(H,26,27). The summed E-state index contributed by atoms with van der Waals surface area (Å²) >= 11 is 18.7. The van der Waals surface area contributed by atoms with Gasteiger partial charge in [0, 0.05) is 21.8 Å².